The number of thiazole rings is 1. The maximum Gasteiger partial charge on any atom is 0.270 e. The predicted molar refractivity (Wildman–Crippen MR) is 120 cm³/mol. The van der Waals surface area contributed by atoms with Crippen LogP contribution in [0.2, 0.25) is 0 Å². The molecule has 8 heteroatoms. The van der Waals surface area contributed by atoms with Crippen molar-refractivity contribution >= 4 is 59.9 Å². The normalized spacial score (nSPS) is 15.2. The number of aryl methyl sites for hydroxylation is 2. The maximum atomic E-state index is 13.3. The summed E-state index contributed by atoms with van der Waals surface area (Å²) in [7, 11) is 0. The van der Waals surface area contributed by atoms with E-state index >= 15 is 0 Å². The fraction of sp³-hybridized carbons (Fsp3) is 0.400. The van der Waals surface area contributed by atoms with Crippen molar-refractivity contribution in [3.05, 3.63) is 44.1 Å². The molecular weight excluding hydrogens is 458 g/mol. The Balaban J connectivity index is 1.65. The van der Waals surface area contributed by atoms with Crippen molar-refractivity contribution in [3.63, 3.8) is 0 Å². The molecule has 0 unspecified atom stereocenters. The van der Waals surface area contributed by atoms with E-state index in [4.69, 9.17) is 9.72 Å². The number of ether oxygens (including phenoxy) is 1. The fourth-order valence-corrected chi connectivity index (χ4v) is 5.77. The molecule has 3 heterocycles. The summed E-state index contributed by atoms with van der Waals surface area (Å²) in [6, 6.07) is 8.06. The minimum absolute atomic E-state index is 0.0115. The lowest BCUT2D eigenvalue weighted by Gasteiger charge is -2.29. The van der Waals surface area contributed by atoms with Gasteiger partial charge in [-0.05, 0) is 59.1 Å². The molecule has 0 N–H and O–H groups in total. The average Bonchev–Trinajstić information content (AvgIpc) is 3.29. The average molecular weight is 480 g/mol. The quantitative estimate of drug-likeness (QED) is 0.531. The van der Waals surface area contributed by atoms with Crippen molar-refractivity contribution in [1.29, 1.82) is 0 Å². The zero-order valence-corrected chi connectivity index (χ0v) is 19.1. The van der Waals surface area contributed by atoms with Crippen LogP contribution < -0.4 is 4.90 Å². The van der Waals surface area contributed by atoms with Crippen molar-refractivity contribution in [2.45, 2.75) is 13.8 Å². The van der Waals surface area contributed by atoms with Gasteiger partial charge in [-0.1, -0.05) is 17.4 Å². The summed E-state index contributed by atoms with van der Waals surface area (Å²) in [6.45, 7) is 8.94. The third kappa shape index (κ3) is 4.31. The Bertz CT molecular complexity index is 995. The van der Waals surface area contributed by atoms with Gasteiger partial charge in [0.05, 0.1) is 32.1 Å². The van der Waals surface area contributed by atoms with Gasteiger partial charge in [0.1, 0.15) is 0 Å². The van der Waals surface area contributed by atoms with Gasteiger partial charge in [0.2, 0.25) is 0 Å². The third-order valence-electron chi connectivity index (χ3n) is 4.81. The standard InChI is InChI=1S/C20H22BrN3O2S2/c1-13-11-14(2)18-15(12-13)22-20(28-18)24(6-5-23-7-9-26-10-8-23)19(25)16-3-4-17(21)27-16/h3-4,11-12H,5-10H2,1-2H3. The minimum atomic E-state index is 0.0115. The Morgan fingerprint density at radius 1 is 1.25 bits per heavy atom. The molecule has 5 nitrogen and oxygen atoms in total. The SMILES string of the molecule is Cc1cc(C)c2sc(N(CCN3CCOCC3)C(=O)c3ccc(Br)s3)nc2c1. The van der Waals surface area contributed by atoms with E-state index in [0.717, 1.165) is 56.9 Å². The summed E-state index contributed by atoms with van der Waals surface area (Å²) in [6.07, 6.45) is 0. The molecule has 1 aliphatic rings. The van der Waals surface area contributed by atoms with Gasteiger partial charge < -0.3 is 4.74 Å². The molecule has 2 aromatic heterocycles. The van der Waals surface area contributed by atoms with Crippen LogP contribution in [0.25, 0.3) is 10.2 Å². The summed E-state index contributed by atoms with van der Waals surface area (Å²) in [5.41, 5.74) is 3.36. The lowest BCUT2D eigenvalue weighted by Crippen LogP contribution is -2.43. The molecule has 0 bridgehead atoms. The number of thiophene rings is 1. The van der Waals surface area contributed by atoms with Crippen LogP contribution in [0.3, 0.4) is 0 Å². The maximum absolute atomic E-state index is 13.3. The highest BCUT2D eigenvalue weighted by Gasteiger charge is 2.24. The molecule has 1 amide bonds. The summed E-state index contributed by atoms with van der Waals surface area (Å²) in [4.78, 5) is 23.0. The number of carbonyl (C=O) groups is 1. The van der Waals surface area contributed by atoms with E-state index in [-0.39, 0.29) is 5.91 Å². The zero-order valence-electron chi connectivity index (χ0n) is 15.9. The highest BCUT2D eigenvalue weighted by Crippen LogP contribution is 2.33. The number of amides is 1. The topological polar surface area (TPSA) is 45.7 Å². The lowest BCUT2D eigenvalue weighted by atomic mass is 10.1. The molecule has 0 atom stereocenters. The number of halogens is 1. The smallest absolute Gasteiger partial charge is 0.270 e. The van der Waals surface area contributed by atoms with Crippen LogP contribution in [0.15, 0.2) is 28.1 Å². The number of hydrogen-bond donors (Lipinski definition) is 0. The number of anilines is 1. The molecule has 0 saturated carbocycles. The first kappa shape index (κ1) is 20.0. The molecule has 0 radical (unpaired) electrons. The van der Waals surface area contributed by atoms with Crippen LogP contribution in [-0.2, 0) is 4.74 Å². The lowest BCUT2D eigenvalue weighted by molar-refractivity contribution is 0.0391. The van der Waals surface area contributed by atoms with E-state index in [0.29, 0.717) is 6.54 Å². The molecule has 0 spiro atoms. The van der Waals surface area contributed by atoms with Crippen LogP contribution in [0.4, 0.5) is 5.13 Å². The summed E-state index contributed by atoms with van der Waals surface area (Å²) >= 11 is 6.53. The summed E-state index contributed by atoms with van der Waals surface area (Å²) in [5, 5.41) is 0.770. The number of nitrogens with zero attached hydrogens (tertiary/aromatic N) is 3. The largest absolute Gasteiger partial charge is 0.379 e. The first-order chi connectivity index (χ1) is 13.5. The van der Waals surface area contributed by atoms with Crippen molar-refractivity contribution in [3.8, 4) is 0 Å². The number of fused-ring (bicyclic) bond motifs is 1. The third-order valence-corrected chi connectivity index (χ3v) is 7.65. The molecule has 1 fully saturated rings. The monoisotopic (exact) mass is 479 g/mol. The molecule has 28 heavy (non-hydrogen) atoms. The highest BCUT2D eigenvalue weighted by atomic mass is 79.9. The Morgan fingerprint density at radius 2 is 2.04 bits per heavy atom. The van der Waals surface area contributed by atoms with Gasteiger partial charge in [-0.25, -0.2) is 4.98 Å². The molecule has 4 rings (SSSR count). The van der Waals surface area contributed by atoms with Crippen LogP contribution in [0.1, 0.15) is 20.8 Å². The van der Waals surface area contributed by atoms with E-state index in [1.165, 1.54) is 22.5 Å². The number of rotatable bonds is 5. The van der Waals surface area contributed by atoms with Gasteiger partial charge in [0.15, 0.2) is 5.13 Å². The van der Waals surface area contributed by atoms with Crippen LogP contribution in [0, 0.1) is 13.8 Å². The van der Waals surface area contributed by atoms with Crippen molar-refractivity contribution in [2.24, 2.45) is 0 Å². The molecule has 148 valence electrons. The Morgan fingerprint density at radius 3 is 2.75 bits per heavy atom. The predicted octanol–water partition coefficient (Wildman–Crippen LogP) is 4.72. The highest BCUT2D eigenvalue weighted by molar-refractivity contribution is 9.11. The molecule has 0 aliphatic carbocycles. The number of morpholine rings is 1. The van der Waals surface area contributed by atoms with Gasteiger partial charge >= 0.3 is 0 Å². The second kappa shape index (κ2) is 8.59. The van der Waals surface area contributed by atoms with Gasteiger partial charge in [-0.15, -0.1) is 11.3 Å². The van der Waals surface area contributed by atoms with Crippen molar-refractivity contribution in [1.82, 2.24) is 9.88 Å². The van der Waals surface area contributed by atoms with E-state index in [2.05, 4.69) is 46.8 Å². The Hall–Kier alpha value is -1.32. The number of benzene rings is 1. The van der Waals surface area contributed by atoms with E-state index in [1.807, 2.05) is 17.0 Å². The van der Waals surface area contributed by atoms with Crippen LogP contribution in [0.5, 0.6) is 0 Å². The van der Waals surface area contributed by atoms with Crippen LogP contribution >= 0.6 is 38.6 Å². The number of carbonyl (C=O) groups excluding carboxylic acids is 1. The van der Waals surface area contributed by atoms with Gasteiger partial charge in [0, 0.05) is 26.2 Å². The first-order valence-electron chi connectivity index (χ1n) is 9.26. The zero-order chi connectivity index (χ0) is 19.7. The summed E-state index contributed by atoms with van der Waals surface area (Å²) < 4.78 is 7.55. The van der Waals surface area contributed by atoms with Crippen molar-refractivity contribution in [2.75, 3.05) is 44.3 Å². The molecule has 1 aromatic carbocycles. The molecule has 3 aromatic rings. The Kier molecular flexibility index (Phi) is 6.13. The van der Waals surface area contributed by atoms with E-state index in [1.54, 1.807) is 11.3 Å². The number of hydrogen-bond acceptors (Lipinski definition) is 6. The van der Waals surface area contributed by atoms with Crippen molar-refractivity contribution < 1.29 is 9.53 Å². The number of aromatic nitrogens is 1. The van der Waals surface area contributed by atoms with Gasteiger partial charge in [0.25, 0.3) is 5.91 Å². The van der Waals surface area contributed by atoms with E-state index < -0.39 is 0 Å². The molecule has 1 saturated heterocycles. The van der Waals surface area contributed by atoms with Gasteiger partial charge in [-0.3, -0.25) is 14.6 Å². The van der Waals surface area contributed by atoms with E-state index in [9.17, 15) is 4.79 Å². The second-order valence-electron chi connectivity index (χ2n) is 6.94. The van der Waals surface area contributed by atoms with Crippen LogP contribution in [-0.4, -0.2) is 55.2 Å². The molecule has 1 aliphatic heterocycles. The fourth-order valence-electron chi connectivity index (χ4n) is 3.39. The second-order valence-corrected chi connectivity index (χ2v) is 10.4. The first-order valence-corrected chi connectivity index (χ1v) is 11.7. The minimum Gasteiger partial charge on any atom is -0.379 e. The summed E-state index contributed by atoms with van der Waals surface area (Å²) in [5.74, 6) is 0.0115. The Labute approximate surface area is 181 Å². The molecular formula is C20H22BrN3O2S2. The van der Waals surface area contributed by atoms with Gasteiger partial charge in [-0.2, -0.15) is 0 Å².